The summed E-state index contributed by atoms with van der Waals surface area (Å²) in [7, 11) is 0. The molecular formula is C15H24FNO2. The molecule has 0 spiro atoms. The van der Waals surface area contributed by atoms with Gasteiger partial charge in [-0.25, -0.2) is 4.39 Å². The molecule has 2 N–H and O–H groups in total. The molecule has 0 amide bonds. The van der Waals surface area contributed by atoms with Crippen molar-refractivity contribution in [3.05, 3.63) is 35.1 Å². The van der Waals surface area contributed by atoms with E-state index in [1.54, 1.807) is 12.1 Å². The zero-order valence-electron chi connectivity index (χ0n) is 12.2. The lowest BCUT2D eigenvalue weighted by atomic mass is 10.1. The second-order valence-electron chi connectivity index (χ2n) is 5.60. The summed E-state index contributed by atoms with van der Waals surface area (Å²) in [5.41, 5.74) is 1.19. The Morgan fingerprint density at radius 3 is 2.58 bits per heavy atom. The number of aryl methyl sites for hydroxylation is 1. The van der Waals surface area contributed by atoms with Crippen LogP contribution < -0.4 is 5.32 Å². The molecule has 1 rings (SSSR count). The first-order valence-electron chi connectivity index (χ1n) is 6.65. The number of aliphatic hydroxyl groups excluding tert-OH is 1. The van der Waals surface area contributed by atoms with Crippen LogP contribution in [0.5, 0.6) is 0 Å². The van der Waals surface area contributed by atoms with Gasteiger partial charge in [0, 0.05) is 18.7 Å². The monoisotopic (exact) mass is 269 g/mol. The fourth-order valence-electron chi connectivity index (χ4n) is 1.73. The molecule has 0 fully saturated rings. The third-order valence-corrected chi connectivity index (χ3v) is 2.65. The molecule has 3 nitrogen and oxygen atoms in total. The van der Waals surface area contributed by atoms with E-state index in [9.17, 15) is 9.50 Å². The topological polar surface area (TPSA) is 41.5 Å². The Hall–Kier alpha value is -0.970. The third-order valence-electron chi connectivity index (χ3n) is 2.65. The molecule has 0 saturated carbocycles. The Kier molecular flexibility index (Phi) is 5.91. The molecule has 0 saturated heterocycles. The first-order chi connectivity index (χ1) is 8.81. The van der Waals surface area contributed by atoms with Gasteiger partial charge in [0.25, 0.3) is 0 Å². The van der Waals surface area contributed by atoms with E-state index in [-0.39, 0.29) is 12.4 Å². The van der Waals surface area contributed by atoms with Crippen LogP contribution in [0.4, 0.5) is 4.39 Å². The van der Waals surface area contributed by atoms with Crippen molar-refractivity contribution in [1.82, 2.24) is 5.32 Å². The molecule has 1 atom stereocenters. The summed E-state index contributed by atoms with van der Waals surface area (Å²) in [5, 5.41) is 12.6. The molecule has 4 heteroatoms. The lowest BCUT2D eigenvalue weighted by Crippen LogP contribution is -2.35. The van der Waals surface area contributed by atoms with E-state index in [0.29, 0.717) is 12.1 Å². The molecule has 0 heterocycles. The lowest BCUT2D eigenvalue weighted by Gasteiger charge is -2.24. The molecule has 1 aromatic rings. The van der Waals surface area contributed by atoms with Crippen LogP contribution >= 0.6 is 0 Å². The van der Waals surface area contributed by atoms with Gasteiger partial charge in [-0.05, 0) is 38.8 Å². The highest BCUT2D eigenvalue weighted by molar-refractivity contribution is 5.24. The van der Waals surface area contributed by atoms with Gasteiger partial charge < -0.3 is 15.2 Å². The Balaban J connectivity index is 2.41. The number of nitrogens with one attached hydrogen (secondary N) is 1. The Morgan fingerprint density at radius 2 is 2.05 bits per heavy atom. The number of ether oxygens (including phenoxy) is 1. The van der Waals surface area contributed by atoms with Gasteiger partial charge >= 0.3 is 0 Å². The molecule has 0 aromatic heterocycles. The average molecular weight is 269 g/mol. The van der Waals surface area contributed by atoms with Crippen LogP contribution in [-0.2, 0) is 17.7 Å². The quantitative estimate of drug-likeness (QED) is 0.780. The molecule has 1 aromatic carbocycles. The van der Waals surface area contributed by atoms with Crippen LogP contribution in [0.15, 0.2) is 18.2 Å². The highest BCUT2D eigenvalue weighted by atomic mass is 19.1. The number of rotatable bonds is 6. The van der Waals surface area contributed by atoms with E-state index >= 15 is 0 Å². The average Bonchev–Trinajstić information content (AvgIpc) is 2.28. The van der Waals surface area contributed by atoms with Crippen molar-refractivity contribution in [2.45, 2.75) is 52.6 Å². The summed E-state index contributed by atoms with van der Waals surface area (Å²) in [6, 6.07) is 5.25. The Morgan fingerprint density at radius 1 is 1.37 bits per heavy atom. The maximum atomic E-state index is 13.7. The highest BCUT2D eigenvalue weighted by Crippen LogP contribution is 2.11. The van der Waals surface area contributed by atoms with E-state index in [1.165, 1.54) is 0 Å². The summed E-state index contributed by atoms with van der Waals surface area (Å²) < 4.78 is 19.0. The highest BCUT2D eigenvalue weighted by Gasteiger charge is 2.16. The third kappa shape index (κ3) is 6.14. The van der Waals surface area contributed by atoms with Crippen LogP contribution in [0, 0.1) is 5.82 Å². The Bertz CT molecular complexity index is 402. The van der Waals surface area contributed by atoms with Crippen molar-refractivity contribution in [3.8, 4) is 0 Å². The number of aliphatic hydroxyl groups is 1. The van der Waals surface area contributed by atoms with Crippen molar-refractivity contribution in [1.29, 1.82) is 0 Å². The fourth-order valence-corrected chi connectivity index (χ4v) is 1.73. The zero-order chi connectivity index (χ0) is 14.5. The van der Waals surface area contributed by atoms with E-state index in [4.69, 9.17) is 4.74 Å². The van der Waals surface area contributed by atoms with Crippen LogP contribution in [0.3, 0.4) is 0 Å². The number of hydrogen-bond donors (Lipinski definition) is 2. The predicted molar refractivity (Wildman–Crippen MR) is 74.3 cm³/mol. The van der Waals surface area contributed by atoms with Crippen molar-refractivity contribution >= 4 is 0 Å². The van der Waals surface area contributed by atoms with Crippen LogP contribution in [0.1, 0.15) is 38.8 Å². The van der Waals surface area contributed by atoms with Gasteiger partial charge in [-0.1, -0.05) is 19.1 Å². The molecule has 0 aliphatic rings. The van der Waals surface area contributed by atoms with Crippen molar-refractivity contribution in [2.24, 2.45) is 0 Å². The van der Waals surface area contributed by atoms with Gasteiger partial charge in [-0.2, -0.15) is 0 Å². The maximum absolute atomic E-state index is 13.7. The predicted octanol–water partition coefficient (Wildman–Crippen LogP) is 2.61. The van der Waals surface area contributed by atoms with Crippen molar-refractivity contribution < 1.29 is 14.2 Å². The number of halogens is 1. The van der Waals surface area contributed by atoms with Gasteiger partial charge in [-0.3, -0.25) is 0 Å². The summed E-state index contributed by atoms with van der Waals surface area (Å²) >= 11 is 0. The fraction of sp³-hybridized carbons (Fsp3) is 0.600. The molecule has 1 unspecified atom stereocenters. The second kappa shape index (κ2) is 6.98. The summed E-state index contributed by atoms with van der Waals surface area (Å²) in [6.45, 7) is 8.26. The van der Waals surface area contributed by atoms with E-state index in [1.807, 2.05) is 33.8 Å². The molecule has 0 aliphatic heterocycles. The van der Waals surface area contributed by atoms with Crippen LogP contribution in [0.2, 0.25) is 0 Å². The molecule has 0 radical (unpaired) electrons. The first kappa shape index (κ1) is 16.1. The number of hydrogen-bond acceptors (Lipinski definition) is 3. The SMILES string of the molecule is CCc1ccc(CNCC(O)OC(C)(C)C)c(F)c1. The summed E-state index contributed by atoms with van der Waals surface area (Å²) in [6.07, 6.45) is -0.0686. The zero-order valence-corrected chi connectivity index (χ0v) is 12.2. The maximum Gasteiger partial charge on any atom is 0.167 e. The van der Waals surface area contributed by atoms with Gasteiger partial charge in [0.2, 0.25) is 0 Å². The van der Waals surface area contributed by atoms with E-state index in [0.717, 1.165) is 12.0 Å². The van der Waals surface area contributed by atoms with Crippen molar-refractivity contribution in [2.75, 3.05) is 6.54 Å². The molecule has 108 valence electrons. The van der Waals surface area contributed by atoms with Gasteiger partial charge in [0.1, 0.15) is 5.82 Å². The van der Waals surface area contributed by atoms with Gasteiger partial charge in [-0.15, -0.1) is 0 Å². The minimum absolute atomic E-state index is 0.210. The molecule has 19 heavy (non-hydrogen) atoms. The standard InChI is InChI=1S/C15H24FNO2/c1-5-11-6-7-12(13(16)8-11)9-17-10-14(18)19-15(2,3)4/h6-8,14,17-18H,5,9-10H2,1-4H3. The van der Waals surface area contributed by atoms with Gasteiger partial charge in [0.15, 0.2) is 6.29 Å². The van der Waals surface area contributed by atoms with E-state index in [2.05, 4.69) is 5.32 Å². The molecule has 0 bridgehead atoms. The largest absolute Gasteiger partial charge is 0.367 e. The van der Waals surface area contributed by atoms with Crippen LogP contribution in [0.25, 0.3) is 0 Å². The first-order valence-corrected chi connectivity index (χ1v) is 6.65. The lowest BCUT2D eigenvalue weighted by molar-refractivity contribution is -0.162. The smallest absolute Gasteiger partial charge is 0.167 e. The van der Waals surface area contributed by atoms with Crippen LogP contribution in [-0.4, -0.2) is 23.5 Å². The molecular weight excluding hydrogens is 245 g/mol. The molecule has 0 aliphatic carbocycles. The van der Waals surface area contributed by atoms with E-state index < -0.39 is 11.9 Å². The van der Waals surface area contributed by atoms with Gasteiger partial charge in [0.05, 0.1) is 5.60 Å². The minimum atomic E-state index is -0.891. The number of benzene rings is 1. The second-order valence-corrected chi connectivity index (χ2v) is 5.60. The Labute approximate surface area is 114 Å². The minimum Gasteiger partial charge on any atom is -0.367 e. The van der Waals surface area contributed by atoms with Crippen molar-refractivity contribution in [3.63, 3.8) is 0 Å². The summed E-state index contributed by atoms with van der Waals surface area (Å²) in [4.78, 5) is 0. The normalized spacial score (nSPS) is 13.6. The summed E-state index contributed by atoms with van der Waals surface area (Å²) in [5.74, 6) is -0.210.